The van der Waals surface area contributed by atoms with E-state index >= 15 is 0 Å². The van der Waals surface area contributed by atoms with Crippen LogP contribution in [0.15, 0.2) is 23.0 Å². The van der Waals surface area contributed by atoms with Crippen LogP contribution in [0, 0.1) is 4.91 Å². The van der Waals surface area contributed by atoms with Gasteiger partial charge in [-0.25, -0.2) is 9.63 Å². The fraction of sp³-hybridized carbons (Fsp3) is 0.222. The smallest absolute Gasteiger partial charge is 0.305 e. The van der Waals surface area contributed by atoms with Crippen LogP contribution < -0.4 is 5.69 Å². The van der Waals surface area contributed by atoms with Gasteiger partial charge in [-0.1, -0.05) is 0 Å². The molecule has 0 aliphatic carbocycles. The van der Waals surface area contributed by atoms with E-state index in [0.29, 0.717) is 16.1 Å². The van der Waals surface area contributed by atoms with Gasteiger partial charge in [-0.3, -0.25) is 4.57 Å². The highest BCUT2D eigenvalue weighted by molar-refractivity contribution is 5.77. The molecule has 15 heavy (non-hydrogen) atoms. The molecule has 0 amide bonds. The number of nitrogens with zero attached hydrogens (tertiary/aromatic N) is 2. The van der Waals surface area contributed by atoms with Crippen LogP contribution in [0.5, 0.6) is 0 Å². The first-order chi connectivity index (χ1) is 7.13. The van der Waals surface area contributed by atoms with Crippen LogP contribution in [0.4, 0.5) is 5.69 Å². The normalized spacial score (nSPS) is 10.5. The van der Waals surface area contributed by atoms with Gasteiger partial charge >= 0.3 is 11.4 Å². The summed E-state index contributed by atoms with van der Waals surface area (Å²) in [5.41, 5.74) is 1.48. The third-order valence-electron chi connectivity index (χ3n) is 2.26. The number of rotatable bonds is 2. The van der Waals surface area contributed by atoms with Crippen LogP contribution in [0.3, 0.4) is 0 Å². The molecule has 0 aliphatic rings. The van der Waals surface area contributed by atoms with E-state index in [1.54, 1.807) is 25.2 Å². The van der Waals surface area contributed by atoms with Crippen LogP contribution >= 0.6 is 0 Å². The summed E-state index contributed by atoms with van der Waals surface area (Å²) in [6, 6.07) is 4.84. The lowest BCUT2D eigenvalue weighted by Crippen LogP contribution is -2.11. The van der Waals surface area contributed by atoms with Crippen molar-refractivity contribution in [2.45, 2.75) is 0 Å². The van der Waals surface area contributed by atoms with E-state index in [9.17, 15) is 9.70 Å². The molecular formula is C9H10N3O3+. The molecule has 0 atom stereocenters. The van der Waals surface area contributed by atoms with Crippen molar-refractivity contribution in [3.63, 3.8) is 0 Å². The lowest BCUT2D eigenvalue weighted by molar-refractivity contribution is -0.736. The molecular weight excluding hydrogens is 198 g/mol. The summed E-state index contributed by atoms with van der Waals surface area (Å²) < 4.78 is 1.47. The molecule has 78 valence electrons. The minimum Gasteiger partial charge on any atom is -0.305 e. The Kier molecular flexibility index (Phi) is 2.03. The van der Waals surface area contributed by atoms with Crippen molar-refractivity contribution in [1.82, 2.24) is 9.55 Å². The van der Waals surface area contributed by atoms with E-state index in [-0.39, 0.29) is 5.69 Å². The number of hydrogen-bond acceptors (Lipinski definition) is 3. The number of benzene rings is 1. The van der Waals surface area contributed by atoms with E-state index in [1.807, 2.05) is 0 Å². The van der Waals surface area contributed by atoms with Crippen molar-refractivity contribution < 1.29 is 9.76 Å². The lowest BCUT2D eigenvalue weighted by Gasteiger charge is -1.92. The lowest BCUT2D eigenvalue weighted by atomic mass is 10.3. The number of aromatic amines is 1. The Morgan fingerprint density at radius 3 is 2.87 bits per heavy atom. The Labute approximate surface area is 84.6 Å². The summed E-state index contributed by atoms with van der Waals surface area (Å²) in [5, 5.41) is 0. The van der Waals surface area contributed by atoms with Gasteiger partial charge in [0, 0.05) is 19.2 Å². The molecule has 2 aromatic rings. The van der Waals surface area contributed by atoms with Gasteiger partial charge < -0.3 is 4.98 Å². The summed E-state index contributed by atoms with van der Waals surface area (Å²) >= 11 is 0. The molecule has 6 nitrogen and oxygen atoms in total. The molecule has 0 fully saturated rings. The number of aryl methyl sites for hydroxylation is 1. The average Bonchev–Trinajstić information content (AvgIpc) is 2.53. The number of nitrogens with one attached hydrogen (secondary N) is 1. The first kappa shape index (κ1) is 9.45. The molecule has 6 heteroatoms. The SMILES string of the molecule is CO[N+](=O)c1ccc2c(c1)[nH]c(=O)n2C. The van der Waals surface area contributed by atoms with E-state index < -0.39 is 0 Å². The van der Waals surface area contributed by atoms with Gasteiger partial charge in [-0.05, 0) is 6.07 Å². The number of imidazole rings is 1. The molecule has 0 bridgehead atoms. The Bertz CT molecular complexity index is 582. The summed E-state index contributed by atoms with van der Waals surface area (Å²) in [6.45, 7) is 0. The molecule has 1 heterocycles. The third-order valence-corrected chi connectivity index (χ3v) is 2.26. The molecule has 1 N–H and O–H groups in total. The largest absolute Gasteiger partial charge is 0.326 e. The predicted molar refractivity (Wildman–Crippen MR) is 53.8 cm³/mol. The highest BCUT2D eigenvalue weighted by Gasteiger charge is 2.15. The zero-order valence-corrected chi connectivity index (χ0v) is 8.35. The quantitative estimate of drug-likeness (QED) is 0.743. The fourth-order valence-electron chi connectivity index (χ4n) is 1.44. The van der Waals surface area contributed by atoms with Crippen LogP contribution in [-0.2, 0) is 11.9 Å². The highest BCUT2D eigenvalue weighted by atomic mass is 16.8. The predicted octanol–water partition coefficient (Wildman–Crippen LogP) is 0.838. The van der Waals surface area contributed by atoms with Crippen molar-refractivity contribution >= 4 is 16.7 Å². The van der Waals surface area contributed by atoms with Crippen molar-refractivity contribution in [3.8, 4) is 0 Å². The van der Waals surface area contributed by atoms with Crippen molar-refractivity contribution in [2.24, 2.45) is 7.05 Å². The average molecular weight is 208 g/mol. The van der Waals surface area contributed by atoms with Crippen LogP contribution in [0.2, 0.25) is 0 Å². The minimum atomic E-state index is -0.211. The summed E-state index contributed by atoms with van der Waals surface area (Å²) in [6.07, 6.45) is 0. The van der Waals surface area contributed by atoms with Gasteiger partial charge in [0.25, 0.3) is 4.92 Å². The maximum atomic E-state index is 11.3. The van der Waals surface area contributed by atoms with Crippen molar-refractivity contribution in [3.05, 3.63) is 33.6 Å². The second-order valence-electron chi connectivity index (χ2n) is 3.13. The monoisotopic (exact) mass is 208 g/mol. The Hall–Kier alpha value is -2.11. The maximum absolute atomic E-state index is 11.3. The summed E-state index contributed by atoms with van der Waals surface area (Å²) in [5.74, 6) is 0. The number of H-pyrrole nitrogens is 1. The summed E-state index contributed by atoms with van der Waals surface area (Å²) in [7, 11) is 2.94. The summed E-state index contributed by atoms with van der Waals surface area (Å²) in [4.78, 5) is 29.9. The highest BCUT2D eigenvalue weighted by Crippen LogP contribution is 2.17. The molecule has 0 saturated carbocycles. The van der Waals surface area contributed by atoms with Gasteiger partial charge in [0.15, 0.2) is 7.11 Å². The van der Waals surface area contributed by atoms with Gasteiger partial charge in [0.05, 0.1) is 15.9 Å². The van der Waals surface area contributed by atoms with Gasteiger partial charge in [0.1, 0.15) is 0 Å². The number of fused-ring (bicyclic) bond motifs is 1. The fourth-order valence-corrected chi connectivity index (χ4v) is 1.44. The minimum absolute atomic E-state index is 0.211. The molecule has 1 aromatic heterocycles. The maximum Gasteiger partial charge on any atom is 0.326 e. The second-order valence-corrected chi connectivity index (χ2v) is 3.13. The molecule has 0 unspecified atom stereocenters. The van der Waals surface area contributed by atoms with E-state index in [2.05, 4.69) is 9.82 Å². The van der Waals surface area contributed by atoms with E-state index in [1.165, 1.54) is 11.7 Å². The van der Waals surface area contributed by atoms with Crippen LogP contribution in [-0.4, -0.2) is 21.6 Å². The first-order valence-corrected chi connectivity index (χ1v) is 4.33. The second kappa shape index (κ2) is 3.23. The van der Waals surface area contributed by atoms with E-state index in [0.717, 1.165) is 5.52 Å². The molecule has 0 aliphatic heterocycles. The van der Waals surface area contributed by atoms with Crippen molar-refractivity contribution in [1.29, 1.82) is 0 Å². The molecule has 0 saturated heterocycles. The molecule has 0 spiro atoms. The van der Waals surface area contributed by atoms with Crippen LogP contribution in [0.25, 0.3) is 11.0 Å². The van der Waals surface area contributed by atoms with Gasteiger partial charge in [-0.2, -0.15) is 0 Å². The van der Waals surface area contributed by atoms with Gasteiger partial charge in [-0.15, -0.1) is 0 Å². The van der Waals surface area contributed by atoms with Crippen LogP contribution in [0.1, 0.15) is 0 Å². The molecule has 0 radical (unpaired) electrons. The zero-order valence-electron chi connectivity index (χ0n) is 8.35. The topological polar surface area (TPSA) is 67.1 Å². The standard InChI is InChI=1S/C9H9N3O3/c1-11-8-4-3-6(12(14)15-2)5-7(8)10-9(11)13/h3-5H,1-2H3/p+1. The molecule has 2 rings (SSSR count). The zero-order chi connectivity index (χ0) is 11.0. The van der Waals surface area contributed by atoms with Gasteiger partial charge in [0.2, 0.25) is 0 Å². The molecule has 1 aromatic carbocycles. The first-order valence-electron chi connectivity index (χ1n) is 4.33. The number of hydrogen-bond donors (Lipinski definition) is 1. The van der Waals surface area contributed by atoms with E-state index in [4.69, 9.17) is 0 Å². The number of aromatic nitrogens is 2. The third kappa shape index (κ3) is 1.39. The Morgan fingerprint density at radius 2 is 2.20 bits per heavy atom. The van der Waals surface area contributed by atoms with Crippen molar-refractivity contribution in [2.75, 3.05) is 7.11 Å². The Morgan fingerprint density at radius 1 is 1.47 bits per heavy atom. The Balaban J connectivity index is 2.67.